The van der Waals surface area contributed by atoms with E-state index in [2.05, 4.69) is 25.9 Å². The summed E-state index contributed by atoms with van der Waals surface area (Å²) in [6.07, 6.45) is 1.45. The third-order valence-corrected chi connectivity index (χ3v) is 4.77. The van der Waals surface area contributed by atoms with Crippen LogP contribution in [-0.4, -0.2) is 44.3 Å². The van der Waals surface area contributed by atoms with Crippen molar-refractivity contribution in [2.24, 2.45) is 5.10 Å². The van der Waals surface area contributed by atoms with Crippen molar-refractivity contribution in [2.75, 3.05) is 11.4 Å². The number of aromatic nitrogens is 4. The van der Waals surface area contributed by atoms with E-state index in [-0.39, 0.29) is 18.4 Å². The summed E-state index contributed by atoms with van der Waals surface area (Å²) in [7, 11) is 0. The van der Waals surface area contributed by atoms with Crippen molar-refractivity contribution >= 4 is 23.2 Å². The average molecular weight is 403 g/mol. The Morgan fingerprint density at radius 2 is 2.00 bits per heavy atom. The Balaban J connectivity index is 1.38. The number of nitrogens with one attached hydrogen (secondary N) is 1. The van der Waals surface area contributed by atoms with Crippen LogP contribution in [0.1, 0.15) is 25.3 Å². The lowest BCUT2D eigenvalue weighted by Crippen LogP contribution is -2.26. The predicted octanol–water partition coefficient (Wildman–Crippen LogP) is 2.01. The van der Waals surface area contributed by atoms with Gasteiger partial charge in [-0.1, -0.05) is 42.5 Å². The van der Waals surface area contributed by atoms with Gasteiger partial charge >= 0.3 is 0 Å². The predicted molar refractivity (Wildman–Crippen MR) is 112 cm³/mol. The highest BCUT2D eigenvalue weighted by atomic mass is 16.2. The number of benzene rings is 2. The van der Waals surface area contributed by atoms with Gasteiger partial charge in [-0.25, -0.2) is 5.43 Å². The first kappa shape index (κ1) is 19.4. The van der Waals surface area contributed by atoms with Crippen LogP contribution in [0.4, 0.5) is 5.69 Å². The minimum absolute atomic E-state index is 0.0983. The second-order valence-electron chi connectivity index (χ2n) is 6.94. The molecule has 0 radical (unpaired) electrons. The van der Waals surface area contributed by atoms with Gasteiger partial charge in [-0.05, 0) is 36.3 Å². The third-order valence-electron chi connectivity index (χ3n) is 4.77. The van der Waals surface area contributed by atoms with Crippen molar-refractivity contribution in [2.45, 2.75) is 26.3 Å². The van der Waals surface area contributed by atoms with Crippen LogP contribution in [0.2, 0.25) is 0 Å². The van der Waals surface area contributed by atoms with Gasteiger partial charge in [0, 0.05) is 24.2 Å². The number of amides is 2. The van der Waals surface area contributed by atoms with Gasteiger partial charge in [0.05, 0.1) is 5.71 Å². The van der Waals surface area contributed by atoms with E-state index in [0.717, 1.165) is 29.8 Å². The summed E-state index contributed by atoms with van der Waals surface area (Å²) in [5, 5.41) is 16.3. The lowest BCUT2D eigenvalue weighted by Gasteiger charge is -2.16. The maximum Gasteiger partial charge on any atom is 0.263 e. The smallest absolute Gasteiger partial charge is 0.263 e. The molecule has 152 valence electrons. The summed E-state index contributed by atoms with van der Waals surface area (Å²) in [4.78, 5) is 27.2. The zero-order chi connectivity index (χ0) is 20.9. The molecule has 0 bridgehead atoms. The SMILES string of the molecule is C/C(=N/NC(=O)Cn1nnc(-c2ccccc2)n1)c1cccc(N2CCCC2=O)c1. The van der Waals surface area contributed by atoms with Crippen molar-refractivity contribution in [3.05, 3.63) is 60.2 Å². The molecule has 30 heavy (non-hydrogen) atoms. The third kappa shape index (κ3) is 4.40. The van der Waals surface area contributed by atoms with Crippen molar-refractivity contribution in [1.82, 2.24) is 25.6 Å². The van der Waals surface area contributed by atoms with E-state index >= 15 is 0 Å². The van der Waals surface area contributed by atoms with Crippen molar-refractivity contribution in [1.29, 1.82) is 0 Å². The van der Waals surface area contributed by atoms with Gasteiger partial charge in [0.25, 0.3) is 5.91 Å². The summed E-state index contributed by atoms with van der Waals surface area (Å²) < 4.78 is 0. The van der Waals surface area contributed by atoms with Gasteiger partial charge in [0.15, 0.2) is 0 Å². The molecule has 2 heterocycles. The molecule has 1 saturated heterocycles. The molecule has 0 spiro atoms. The molecular formula is C21H21N7O2. The van der Waals surface area contributed by atoms with Crippen LogP contribution >= 0.6 is 0 Å². The van der Waals surface area contributed by atoms with Crippen molar-refractivity contribution < 1.29 is 9.59 Å². The minimum Gasteiger partial charge on any atom is -0.312 e. The summed E-state index contributed by atoms with van der Waals surface area (Å²) in [6, 6.07) is 17.0. The van der Waals surface area contributed by atoms with Crippen molar-refractivity contribution in [3.8, 4) is 11.4 Å². The summed E-state index contributed by atoms with van der Waals surface area (Å²) in [5.41, 5.74) is 5.65. The number of hydrogen-bond acceptors (Lipinski definition) is 6. The second kappa shape index (κ2) is 8.64. The molecule has 0 unspecified atom stereocenters. The Bertz CT molecular complexity index is 1090. The Kier molecular flexibility index (Phi) is 5.60. The molecule has 1 aliphatic heterocycles. The zero-order valence-electron chi connectivity index (χ0n) is 16.5. The average Bonchev–Trinajstić information content (AvgIpc) is 3.42. The van der Waals surface area contributed by atoms with Crippen LogP contribution in [0.3, 0.4) is 0 Å². The number of carbonyl (C=O) groups is 2. The molecule has 1 aromatic heterocycles. The number of hydrogen-bond donors (Lipinski definition) is 1. The summed E-state index contributed by atoms with van der Waals surface area (Å²) in [5.74, 6) is 0.221. The van der Waals surface area contributed by atoms with Crippen LogP contribution in [-0.2, 0) is 16.1 Å². The Morgan fingerprint density at radius 1 is 1.17 bits per heavy atom. The van der Waals surface area contributed by atoms with Gasteiger partial charge in [0.1, 0.15) is 6.54 Å². The van der Waals surface area contributed by atoms with Gasteiger partial charge < -0.3 is 4.90 Å². The molecule has 1 fully saturated rings. The molecule has 4 rings (SSSR count). The molecule has 0 atom stereocenters. The fraction of sp³-hybridized carbons (Fsp3) is 0.238. The number of hydrazone groups is 1. The topological polar surface area (TPSA) is 105 Å². The summed E-state index contributed by atoms with van der Waals surface area (Å²) >= 11 is 0. The lowest BCUT2D eigenvalue weighted by atomic mass is 10.1. The van der Waals surface area contributed by atoms with Crippen LogP contribution in [0.25, 0.3) is 11.4 Å². The molecule has 9 nitrogen and oxygen atoms in total. The van der Waals surface area contributed by atoms with Crippen molar-refractivity contribution in [3.63, 3.8) is 0 Å². The van der Waals surface area contributed by atoms with Crippen LogP contribution in [0, 0.1) is 0 Å². The first-order chi connectivity index (χ1) is 14.6. The van der Waals surface area contributed by atoms with E-state index < -0.39 is 0 Å². The van der Waals surface area contributed by atoms with Crippen LogP contribution in [0.15, 0.2) is 59.7 Å². The van der Waals surface area contributed by atoms with Gasteiger partial charge in [-0.2, -0.15) is 9.90 Å². The largest absolute Gasteiger partial charge is 0.312 e. The standard InChI is InChI=1S/C21H21N7O2/c1-15(17-9-5-10-18(13-17)27-12-6-11-20(27)30)22-23-19(29)14-28-25-21(24-26-28)16-7-3-2-4-8-16/h2-5,7-10,13H,6,11-12,14H2,1H3,(H,23,29)/b22-15-. The highest BCUT2D eigenvalue weighted by molar-refractivity contribution is 6.01. The molecule has 1 aliphatic rings. The molecule has 9 heteroatoms. The molecule has 1 N–H and O–H groups in total. The zero-order valence-corrected chi connectivity index (χ0v) is 16.5. The van der Waals surface area contributed by atoms with Gasteiger partial charge in [-0.15, -0.1) is 10.2 Å². The molecule has 0 aliphatic carbocycles. The van der Waals surface area contributed by atoms with E-state index in [0.29, 0.717) is 18.0 Å². The Morgan fingerprint density at radius 3 is 2.77 bits per heavy atom. The number of carbonyl (C=O) groups excluding carboxylic acids is 2. The quantitative estimate of drug-likeness (QED) is 0.501. The highest BCUT2D eigenvalue weighted by Crippen LogP contribution is 2.22. The summed E-state index contributed by atoms with van der Waals surface area (Å²) in [6.45, 7) is 2.43. The molecule has 2 aromatic carbocycles. The van der Waals surface area contributed by atoms with Crippen LogP contribution in [0.5, 0.6) is 0 Å². The van der Waals surface area contributed by atoms with E-state index in [1.54, 1.807) is 11.8 Å². The highest BCUT2D eigenvalue weighted by Gasteiger charge is 2.21. The lowest BCUT2D eigenvalue weighted by molar-refractivity contribution is -0.122. The van der Waals surface area contributed by atoms with E-state index in [1.807, 2.05) is 54.6 Å². The van der Waals surface area contributed by atoms with Gasteiger partial charge in [-0.3, -0.25) is 9.59 Å². The Labute approximate surface area is 173 Å². The van der Waals surface area contributed by atoms with Crippen LogP contribution < -0.4 is 10.3 Å². The first-order valence-electron chi connectivity index (χ1n) is 9.67. The minimum atomic E-state index is -0.364. The van der Waals surface area contributed by atoms with E-state index in [4.69, 9.17) is 0 Å². The Hall–Kier alpha value is -3.88. The fourth-order valence-electron chi connectivity index (χ4n) is 3.21. The maximum atomic E-state index is 12.2. The second-order valence-corrected chi connectivity index (χ2v) is 6.94. The molecular weight excluding hydrogens is 382 g/mol. The normalized spacial score (nSPS) is 14.2. The number of anilines is 1. The van der Waals surface area contributed by atoms with Gasteiger partial charge in [0.2, 0.25) is 11.7 Å². The monoisotopic (exact) mass is 403 g/mol. The first-order valence-corrected chi connectivity index (χ1v) is 9.67. The number of rotatable bonds is 6. The van der Waals surface area contributed by atoms with E-state index in [1.165, 1.54) is 4.80 Å². The molecule has 0 saturated carbocycles. The van der Waals surface area contributed by atoms with E-state index in [9.17, 15) is 9.59 Å². The molecule has 3 aromatic rings. The number of nitrogens with zero attached hydrogens (tertiary/aromatic N) is 6. The maximum absolute atomic E-state index is 12.2. The molecule has 2 amide bonds. The fourth-order valence-corrected chi connectivity index (χ4v) is 3.21. The number of tetrazole rings is 1.